The van der Waals surface area contributed by atoms with Crippen molar-refractivity contribution < 1.29 is 4.79 Å². The van der Waals surface area contributed by atoms with Crippen molar-refractivity contribution in [2.45, 2.75) is 76.8 Å². The highest BCUT2D eigenvalue weighted by Gasteiger charge is 2.34. The summed E-state index contributed by atoms with van der Waals surface area (Å²) >= 11 is 0. The molecule has 1 saturated carbocycles. The number of carbonyl (C=O) groups is 1. The van der Waals surface area contributed by atoms with Crippen LogP contribution in [0.15, 0.2) is 0 Å². The number of hydrogen-bond acceptors (Lipinski definition) is 2. The summed E-state index contributed by atoms with van der Waals surface area (Å²) in [5.74, 6) is 0.682. The van der Waals surface area contributed by atoms with Gasteiger partial charge in [0.2, 0.25) is 5.91 Å². The average molecular weight is 252 g/mol. The molecule has 1 aliphatic heterocycles. The van der Waals surface area contributed by atoms with E-state index in [-0.39, 0.29) is 5.92 Å². The minimum atomic E-state index is 0.280. The molecule has 1 aliphatic carbocycles. The highest BCUT2D eigenvalue weighted by molar-refractivity contribution is 5.79. The van der Waals surface area contributed by atoms with Crippen LogP contribution in [0.5, 0.6) is 0 Å². The van der Waals surface area contributed by atoms with Crippen molar-refractivity contribution in [1.29, 1.82) is 0 Å². The molecule has 104 valence electrons. The molecule has 0 bridgehead atoms. The number of carbonyl (C=O) groups excluding carboxylic acids is 1. The van der Waals surface area contributed by atoms with E-state index in [1.807, 2.05) is 0 Å². The molecule has 1 heterocycles. The smallest absolute Gasteiger partial charge is 0.226 e. The van der Waals surface area contributed by atoms with Crippen LogP contribution >= 0.6 is 0 Å². The summed E-state index contributed by atoms with van der Waals surface area (Å²) in [6, 6.07) is 0.688. The van der Waals surface area contributed by atoms with Crippen LogP contribution in [-0.2, 0) is 4.79 Å². The maximum Gasteiger partial charge on any atom is 0.226 e. The molecule has 0 spiro atoms. The van der Waals surface area contributed by atoms with Crippen LogP contribution in [0.4, 0.5) is 0 Å². The van der Waals surface area contributed by atoms with Gasteiger partial charge in [-0.15, -0.1) is 0 Å². The van der Waals surface area contributed by atoms with Crippen molar-refractivity contribution in [1.82, 2.24) is 4.90 Å². The Morgan fingerprint density at radius 1 is 1.06 bits per heavy atom. The van der Waals surface area contributed by atoms with E-state index in [0.717, 1.165) is 25.7 Å². The van der Waals surface area contributed by atoms with Gasteiger partial charge in [-0.3, -0.25) is 4.79 Å². The van der Waals surface area contributed by atoms with Crippen LogP contribution in [0.25, 0.3) is 0 Å². The highest BCUT2D eigenvalue weighted by Crippen LogP contribution is 2.29. The Bertz CT molecular complexity index is 272. The summed E-state index contributed by atoms with van der Waals surface area (Å²) < 4.78 is 0. The Hall–Kier alpha value is -0.570. The molecular weight excluding hydrogens is 224 g/mol. The van der Waals surface area contributed by atoms with Crippen LogP contribution in [0.2, 0.25) is 0 Å². The molecule has 2 rings (SSSR count). The molecule has 1 amide bonds. The molecule has 0 aromatic carbocycles. The summed E-state index contributed by atoms with van der Waals surface area (Å²) in [4.78, 5) is 14.9. The van der Waals surface area contributed by atoms with Crippen molar-refractivity contribution in [2.75, 3.05) is 6.54 Å². The Morgan fingerprint density at radius 3 is 2.33 bits per heavy atom. The molecular formula is C15H28N2O. The molecule has 2 N–H and O–H groups in total. The van der Waals surface area contributed by atoms with E-state index in [1.54, 1.807) is 0 Å². The lowest BCUT2D eigenvalue weighted by atomic mass is 9.91. The number of rotatable bonds is 2. The first-order chi connectivity index (χ1) is 8.74. The zero-order valence-corrected chi connectivity index (χ0v) is 11.7. The summed E-state index contributed by atoms with van der Waals surface area (Å²) in [6.07, 6.45) is 10.7. The first-order valence-electron chi connectivity index (χ1n) is 7.76. The van der Waals surface area contributed by atoms with Gasteiger partial charge < -0.3 is 10.6 Å². The van der Waals surface area contributed by atoms with Crippen LogP contribution in [0.3, 0.4) is 0 Å². The summed E-state index contributed by atoms with van der Waals surface area (Å²) in [5.41, 5.74) is 5.86. The molecule has 2 unspecified atom stereocenters. The summed E-state index contributed by atoms with van der Waals surface area (Å²) in [7, 11) is 0. The Labute approximate surface area is 111 Å². The number of hydrogen-bond donors (Lipinski definition) is 1. The van der Waals surface area contributed by atoms with E-state index in [1.165, 1.54) is 32.1 Å². The van der Waals surface area contributed by atoms with Gasteiger partial charge in [-0.05, 0) is 39.0 Å². The van der Waals surface area contributed by atoms with Gasteiger partial charge in [0.05, 0.1) is 0 Å². The van der Waals surface area contributed by atoms with E-state index in [0.29, 0.717) is 24.5 Å². The third-order valence-corrected chi connectivity index (χ3v) is 4.76. The second kappa shape index (κ2) is 6.55. The summed E-state index contributed by atoms with van der Waals surface area (Å²) in [5, 5.41) is 0. The first kappa shape index (κ1) is 13.9. The predicted octanol–water partition coefficient (Wildman–Crippen LogP) is 2.69. The van der Waals surface area contributed by atoms with E-state index in [9.17, 15) is 4.79 Å². The predicted molar refractivity (Wildman–Crippen MR) is 74.2 cm³/mol. The quantitative estimate of drug-likeness (QED) is 0.768. The fourth-order valence-corrected chi connectivity index (χ4v) is 3.65. The second-order valence-electron chi connectivity index (χ2n) is 6.10. The topological polar surface area (TPSA) is 46.3 Å². The van der Waals surface area contributed by atoms with Gasteiger partial charge in [0.15, 0.2) is 0 Å². The van der Waals surface area contributed by atoms with E-state index in [4.69, 9.17) is 5.73 Å². The van der Waals surface area contributed by atoms with Gasteiger partial charge in [0.1, 0.15) is 0 Å². The van der Waals surface area contributed by atoms with Crippen molar-refractivity contribution >= 4 is 5.91 Å². The van der Waals surface area contributed by atoms with Crippen molar-refractivity contribution in [3.05, 3.63) is 0 Å². The molecule has 1 saturated heterocycles. The molecule has 3 nitrogen and oxygen atoms in total. The second-order valence-corrected chi connectivity index (χ2v) is 6.10. The number of likely N-dealkylation sites (tertiary alicyclic amines) is 1. The highest BCUT2D eigenvalue weighted by atomic mass is 16.2. The number of piperidine rings is 1. The molecule has 0 aromatic heterocycles. The largest absolute Gasteiger partial charge is 0.336 e. The molecule has 0 aromatic rings. The lowest BCUT2D eigenvalue weighted by Gasteiger charge is -2.42. The monoisotopic (exact) mass is 252 g/mol. The van der Waals surface area contributed by atoms with Gasteiger partial charge in [0.25, 0.3) is 0 Å². The Morgan fingerprint density at radius 2 is 1.72 bits per heavy atom. The van der Waals surface area contributed by atoms with Crippen LogP contribution < -0.4 is 5.73 Å². The zero-order valence-electron chi connectivity index (χ0n) is 11.7. The molecule has 2 atom stereocenters. The third-order valence-electron chi connectivity index (χ3n) is 4.76. The van der Waals surface area contributed by atoms with Crippen LogP contribution in [0.1, 0.15) is 64.7 Å². The maximum absolute atomic E-state index is 12.8. The van der Waals surface area contributed by atoms with Crippen LogP contribution in [-0.4, -0.2) is 29.4 Å². The minimum Gasteiger partial charge on any atom is -0.336 e. The van der Waals surface area contributed by atoms with Gasteiger partial charge in [-0.1, -0.05) is 25.7 Å². The SMILES string of the molecule is CC1CCCC(CN)N1C(=O)C1CCCCCC1. The molecule has 0 radical (unpaired) electrons. The van der Waals surface area contributed by atoms with Crippen molar-refractivity contribution in [3.8, 4) is 0 Å². The lowest BCUT2D eigenvalue weighted by Crippen LogP contribution is -2.53. The van der Waals surface area contributed by atoms with E-state index >= 15 is 0 Å². The van der Waals surface area contributed by atoms with Crippen molar-refractivity contribution in [2.24, 2.45) is 11.7 Å². The number of nitrogens with two attached hydrogens (primary N) is 1. The van der Waals surface area contributed by atoms with Gasteiger partial charge in [-0.2, -0.15) is 0 Å². The van der Waals surface area contributed by atoms with Crippen molar-refractivity contribution in [3.63, 3.8) is 0 Å². The Kier molecular flexibility index (Phi) is 5.04. The summed E-state index contributed by atoms with van der Waals surface area (Å²) in [6.45, 7) is 2.82. The molecule has 3 heteroatoms. The molecule has 2 fully saturated rings. The van der Waals surface area contributed by atoms with Gasteiger partial charge >= 0.3 is 0 Å². The number of nitrogens with zero attached hydrogens (tertiary/aromatic N) is 1. The average Bonchev–Trinajstić information content (AvgIpc) is 2.66. The maximum atomic E-state index is 12.8. The Balaban J connectivity index is 2.04. The lowest BCUT2D eigenvalue weighted by molar-refractivity contribution is -0.142. The zero-order chi connectivity index (χ0) is 13.0. The van der Waals surface area contributed by atoms with E-state index < -0.39 is 0 Å². The normalized spacial score (nSPS) is 31.1. The molecule has 18 heavy (non-hydrogen) atoms. The molecule has 2 aliphatic rings. The minimum absolute atomic E-state index is 0.280. The van der Waals surface area contributed by atoms with Gasteiger partial charge in [0, 0.05) is 24.5 Å². The standard InChI is InChI=1S/C15H28N2O/c1-12-7-6-10-14(11-16)17(12)15(18)13-8-4-2-3-5-9-13/h12-14H,2-11,16H2,1H3. The number of amides is 1. The fourth-order valence-electron chi connectivity index (χ4n) is 3.65. The first-order valence-corrected chi connectivity index (χ1v) is 7.76. The fraction of sp³-hybridized carbons (Fsp3) is 0.933. The van der Waals surface area contributed by atoms with E-state index in [2.05, 4.69) is 11.8 Å². The van der Waals surface area contributed by atoms with Crippen LogP contribution in [0, 0.1) is 5.92 Å². The van der Waals surface area contributed by atoms with Gasteiger partial charge in [-0.25, -0.2) is 0 Å². The third kappa shape index (κ3) is 3.05.